The predicted molar refractivity (Wildman–Crippen MR) is 201 cm³/mol. The van der Waals surface area contributed by atoms with E-state index in [4.69, 9.17) is 0 Å². The molecule has 0 saturated heterocycles. The molecule has 0 N–H and O–H groups in total. The first-order valence-corrected chi connectivity index (χ1v) is 21.7. The van der Waals surface area contributed by atoms with Crippen molar-refractivity contribution in [1.82, 2.24) is 0 Å². The fraction of sp³-hybridized carbons (Fsp3) is 0. The summed E-state index contributed by atoms with van der Waals surface area (Å²) in [6.07, 6.45) is 0. The van der Waals surface area contributed by atoms with Crippen LogP contribution in [-0.4, -0.2) is 20.2 Å². The molecule has 0 unspecified atom stereocenters. The van der Waals surface area contributed by atoms with Gasteiger partial charge in [-0.05, 0) is 0 Å². The summed E-state index contributed by atoms with van der Waals surface area (Å²) in [5.41, 5.74) is 0. The average Bonchev–Trinajstić information content (AvgIpc) is 3.12. The number of benzene rings is 7. The molecule has 0 bridgehead atoms. The minimum atomic E-state index is -2.61. The molecule has 0 aliphatic heterocycles. The summed E-state index contributed by atoms with van der Waals surface area (Å²) in [5.74, 6) is 0. The van der Waals surface area contributed by atoms with Crippen LogP contribution in [0.15, 0.2) is 200 Å². The number of rotatable bonds is 9. The molecule has 0 fully saturated rings. The fourth-order valence-electron chi connectivity index (χ4n) is 5.83. The molecule has 0 amide bonds. The van der Waals surface area contributed by atoms with E-state index in [0.717, 1.165) is 0 Å². The summed E-state index contributed by atoms with van der Waals surface area (Å²) in [5, 5.41) is 8.53. The van der Waals surface area contributed by atoms with Gasteiger partial charge in [0.05, 0.1) is 0 Å². The van der Waals surface area contributed by atoms with Gasteiger partial charge in [0, 0.05) is 0 Å². The third-order valence-corrected chi connectivity index (χ3v) is 21.2. The first-order chi connectivity index (χ1) is 22.4. The average molecular weight is 721 g/mol. The van der Waals surface area contributed by atoms with Gasteiger partial charge in [-0.2, -0.15) is 0 Å². The summed E-state index contributed by atoms with van der Waals surface area (Å²) < 4.78 is 4.59. The standard InChI is InChI=1S/2C18H14P.C6H5.Sb/c2*1-4-10-16(11-5-1)19(17-12-6-2-7-13-17)18-14-8-3-9-15-18;1-2-4-6-5-3-1;/h2*1-14H;1-5H;. The third kappa shape index (κ3) is 6.62. The molecule has 0 radical (unpaired) electrons. The van der Waals surface area contributed by atoms with Crippen molar-refractivity contribution in [2.24, 2.45) is 0 Å². The SMILES string of the molecule is c1ccc(P(c2ccccc2)c2cccc[c]2[Sb]([c]2ccccc2)[c]2ccccc2P(c2ccccc2)c2ccccc2)cc1. The predicted octanol–water partition coefficient (Wildman–Crippen LogP) is 5.72. The van der Waals surface area contributed by atoms with Gasteiger partial charge < -0.3 is 0 Å². The van der Waals surface area contributed by atoms with Crippen LogP contribution in [0.25, 0.3) is 0 Å². The Hall–Kier alpha value is -3.78. The van der Waals surface area contributed by atoms with Crippen molar-refractivity contribution in [2.75, 3.05) is 0 Å². The molecular weight excluding hydrogens is 688 g/mol. The Morgan fingerprint density at radius 3 is 0.867 bits per heavy atom. The van der Waals surface area contributed by atoms with E-state index in [9.17, 15) is 0 Å². The second-order valence-electron chi connectivity index (χ2n) is 10.7. The first-order valence-electron chi connectivity index (χ1n) is 15.2. The zero-order valence-electron chi connectivity index (χ0n) is 24.9. The maximum absolute atomic E-state index is 2.61. The van der Waals surface area contributed by atoms with Crippen molar-refractivity contribution in [2.45, 2.75) is 0 Å². The fourth-order valence-corrected chi connectivity index (χ4v) is 20.3. The Kier molecular flexibility index (Phi) is 9.66. The summed E-state index contributed by atoms with van der Waals surface area (Å²) >= 11 is -2.61. The Bertz CT molecular complexity index is 1740. The zero-order chi connectivity index (χ0) is 30.3. The normalized spacial score (nSPS) is 11.3. The van der Waals surface area contributed by atoms with Crippen molar-refractivity contribution in [3.63, 3.8) is 0 Å². The van der Waals surface area contributed by atoms with E-state index in [2.05, 4.69) is 200 Å². The molecule has 45 heavy (non-hydrogen) atoms. The van der Waals surface area contributed by atoms with E-state index in [1.165, 1.54) is 35.3 Å². The molecule has 0 atom stereocenters. The van der Waals surface area contributed by atoms with Crippen LogP contribution in [0, 0.1) is 0 Å². The quantitative estimate of drug-likeness (QED) is 0.132. The molecular formula is C42H33P2Sb. The summed E-state index contributed by atoms with van der Waals surface area (Å²) in [6.45, 7) is 0. The van der Waals surface area contributed by atoms with Crippen LogP contribution < -0.4 is 42.4 Å². The van der Waals surface area contributed by atoms with Gasteiger partial charge in [-0.15, -0.1) is 0 Å². The molecule has 7 aromatic carbocycles. The molecule has 3 heteroatoms. The van der Waals surface area contributed by atoms with Gasteiger partial charge in [0.15, 0.2) is 0 Å². The Labute approximate surface area is 276 Å². The molecule has 0 nitrogen and oxygen atoms in total. The van der Waals surface area contributed by atoms with E-state index >= 15 is 0 Å². The molecule has 0 saturated carbocycles. The van der Waals surface area contributed by atoms with Gasteiger partial charge in [0.1, 0.15) is 0 Å². The van der Waals surface area contributed by atoms with Crippen LogP contribution in [0.5, 0.6) is 0 Å². The number of hydrogen-bond donors (Lipinski definition) is 0. The molecule has 0 aliphatic carbocycles. The van der Waals surface area contributed by atoms with Crippen LogP contribution in [0.1, 0.15) is 0 Å². The summed E-state index contributed by atoms with van der Waals surface area (Å²) in [6, 6.07) is 74.7. The topological polar surface area (TPSA) is 0 Å². The third-order valence-electron chi connectivity index (χ3n) is 7.80. The van der Waals surface area contributed by atoms with Crippen molar-refractivity contribution >= 4 is 78.4 Å². The van der Waals surface area contributed by atoms with Gasteiger partial charge in [-0.1, -0.05) is 0 Å². The van der Waals surface area contributed by atoms with Crippen molar-refractivity contribution in [3.8, 4) is 0 Å². The van der Waals surface area contributed by atoms with Crippen LogP contribution in [-0.2, 0) is 0 Å². The van der Waals surface area contributed by atoms with Crippen molar-refractivity contribution in [1.29, 1.82) is 0 Å². The second-order valence-corrected chi connectivity index (χ2v) is 21.2. The van der Waals surface area contributed by atoms with E-state index in [1.54, 1.807) is 7.02 Å². The van der Waals surface area contributed by atoms with Gasteiger partial charge >= 0.3 is 279 Å². The van der Waals surface area contributed by atoms with Crippen LogP contribution in [0.3, 0.4) is 0 Å². The monoisotopic (exact) mass is 720 g/mol. The molecule has 7 rings (SSSR count). The van der Waals surface area contributed by atoms with E-state index in [-0.39, 0.29) is 0 Å². The minimum absolute atomic E-state index is 0.741. The maximum atomic E-state index is 2.45. The van der Waals surface area contributed by atoms with Crippen LogP contribution in [0.2, 0.25) is 0 Å². The number of hydrogen-bond acceptors (Lipinski definition) is 0. The molecule has 0 spiro atoms. The molecule has 216 valence electrons. The molecule has 0 heterocycles. The van der Waals surface area contributed by atoms with E-state index in [0.29, 0.717) is 0 Å². The summed E-state index contributed by atoms with van der Waals surface area (Å²) in [7, 11) is -1.48. The van der Waals surface area contributed by atoms with E-state index in [1.807, 2.05) is 0 Å². The van der Waals surface area contributed by atoms with Crippen molar-refractivity contribution < 1.29 is 0 Å². The van der Waals surface area contributed by atoms with Crippen LogP contribution in [0.4, 0.5) is 0 Å². The Morgan fingerprint density at radius 2 is 0.533 bits per heavy atom. The van der Waals surface area contributed by atoms with Gasteiger partial charge in [-0.25, -0.2) is 0 Å². The van der Waals surface area contributed by atoms with Crippen molar-refractivity contribution in [3.05, 3.63) is 200 Å². The molecule has 0 aliphatic rings. The van der Waals surface area contributed by atoms with Gasteiger partial charge in [-0.3, -0.25) is 0 Å². The summed E-state index contributed by atoms with van der Waals surface area (Å²) in [4.78, 5) is 0. The molecule has 0 aromatic heterocycles. The second kappa shape index (κ2) is 14.5. The van der Waals surface area contributed by atoms with Gasteiger partial charge in [0.25, 0.3) is 0 Å². The molecule has 7 aromatic rings. The Morgan fingerprint density at radius 1 is 0.267 bits per heavy atom. The van der Waals surface area contributed by atoms with Gasteiger partial charge in [0.2, 0.25) is 0 Å². The van der Waals surface area contributed by atoms with E-state index < -0.39 is 36.1 Å². The first kappa shape index (κ1) is 29.9. The Balaban J connectivity index is 1.49. The zero-order valence-corrected chi connectivity index (χ0v) is 29.2. The van der Waals surface area contributed by atoms with Crippen LogP contribution >= 0.6 is 15.8 Å².